The van der Waals surface area contributed by atoms with Gasteiger partial charge in [-0.2, -0.15) is 0 Å². The molecule has 0 saturated carbocycles. The Balaban J connectivity index is 2.30. The average Bonchev–Trinajstić information content (AvgIpc) is 2.35. The van der Waals surface area contributed by atoms with E-state index in [0.717, 1.165) is 10.2 Å². The second kappa shape index (κ2) is 7.28. The number of nitrogens with one attached hydrogen (secondary N) is 1. The van der Waals surface area contributed by atoms with Crippen LogP contribution in [0.4, 0.5) is 0 Å². The van der Waals surface area contributed by atoms with Crippen LogP contribution in [0.25, 0.3) is 0 Å². The molecular weight excluding hydrogens is 324 g/mol. The largest absolute Gasteiger partial charge is 0.492 e. The lowest BCUT2D eigenvalue weighted by Gasteiger charge is -2.22. The molecule has 110 valence electrons. The van der Waals surface area contributed by atoms with Gasteiger partial charge in [0, 0.05) is 6.42 Å². The Hall–Kier alpha value is -1.56. The molecule has 0 fully saturated rings. The molecule has 0 unspecified atom stereocenters. The fourth-order valence-electron chi connectivity index (χ4n) is 1.45. The van der Waals surface area contributed by atoms with Crippen LogP contribution in [-0.2, 0) is 9.59 Å². The quantitative estimate of drug-likeness (QED) is 0.743. The van der Waals surface area contributed by atoms with Crippen molar-refractivity contribution in [2.45, 2.75) is 32.2 Å². The summed E-state index contributed by atoms with van der Waals surface area (Å²) in [6.07, 6.45) is 0.836. The maximum Gasteiger partial charge on any atom is 0.242 e. The zero-order chi connectivity index (χ0) is 15.2. The molecular formula is C14H19BrN2O3. The van der Waals surface area contributed by atoms with Crippen LogP contribution in [0, 0.1) is 0 Å². The summed E-state index contributed by atoms with van der Waals surface area (Å²) < 4.78 is 6.42. The number of carbonyl (C=O) groups excluding carboxylic acids is 2. The van der Waals surface area contributed by atoms with Crippen LogP contribution in [0.15, 0.2) is 28.7 Å². The smallest absolute Gasteiger partial charge is 0.242 e. The third-order valence-electron chi connectivity index (χ3n) is 2.71. The van der Waals surface area contributed by atoms with Gasteiger partial charge in [-0.3, -0.25) is 9.59 Å². The summed E-state index contributed by atoms with van der Waals surface area (Å²) in [4.78, 5) is 22.7. The van der Waals surface area contributed by atoms with Gasteiger partial charge in [0.2, 0.25) is 11.8 Å². The van der Waals surface area contributed by atoms with Gasteiger partial charge in [0.25, 0.3) is 0 Å². The number of nitrogens with two attached hydrogens (primary N) is 1. The first kappa shape index (κ1) is 16.5. The van der Waals surface area contributed by atoms with Crippen LogP contribution in [-0.4, -0.2) is 24.0 Å². The minimum atomic E-state index is -1.03. The van der Waals surface area contributed by atoms with Crippen molar-refractivity contribution >= 4 is 27.7 Å². The predicted octanol–water partition coefficient (Wildman–Crippen LogP) is 1.99. The third-order valence-corrected chi connectivity index (χ3v) is 3.37. The Morgan fingerprint density at radius 1 is 1.35 bits per heavy atom. The number of para-hydroxylation sites is 1. The lowest BCUT2D eigenvalue weighted by atomic mass is 10.0. The Morgan fingerprint density at radius 2 is 2.00 bits per heavy atom. The molecule has 2 amide bonds. The molecule has 1 rings (SSSR count). The molecule has 0 radical (unpaired) electrons. The SMILES string of the molecule is CC(C)(NC(=O)CCCOc1ccccc1Br)C(N)=O. The second-order valence-electron chi connectivity index (χ2n) is 4.92. The highest BCUT2D eigenvalue weighted by atomic mass is 79.9. The topological polar surface area (TPSA) is 81.4 Å². The number of carbonyl (C=O) groups is 2. The average molecular weight is 343 g/mol. The molecule has 0 bridgehead atoms. The molecule has 20 heavy (non-hydrogen) atoms. The van der Waals surface area contributed by atoms with E-state index in [4.69, 9.17) is 10.5 Å². The van der Waals surface area contributed by atoms with Gasteiger partial charge in [-0.1, -0.05) is 12.1 Å². The van der Waals surface area contributed by atoms with Gasteiger partial charge in [0.1, 0.15) is 11.3 Å². The number of halogens is 1. The number of benzene rings is 1. The first-order valence-electron chi connectivity index (χ1n) is 6.31. The molecule has 0 aromatic heterocycles. The van der Waals surface area contributed by atoms with Crippen molar-refractivity contribution in [3.63, 3.8) is 0 Å². The van der Waals surface area contributed by atoms with E-state index >= 15 is 0 Å². The van der Waals surface area contributed by atoms with Gasteiger partial charge < -0.3 is 15.8 Å². The first-order valence-corrected chi connectivity index (χ1v) is 7.10. The Bertz CT molecular complexity index is 489. The lowest BCUT2D eigenvalue weighted by molar-refractivity contribution is -0.130. The number of rotatable bonds is 7. The lowest BCUT2D eigenvalue weighted by Crippen LogP contribution is -2.53. The minimum Gasteiger partial charge on any atom is -0.492 e. The summed E-state index contributed by atoms with van der Waals surface area (Å²) >= 11 is 3.38. The van der Waals surface area contributed by atoms with Crippen molar-refractivity contribution in [3.8, 4) is 5.75 Å². The van der Waals surface area contributed by atoms with Gasteiger partial charge >= 0.3 is 0 Å². The molecule has 0 heterocycles. The Morgan fingerprint density at radius 3 is 2.60 bits per heavy atom. The van der Waals surface area contributed by atoms with Crippen LogP contribution in [0.3, 0.4) is 0 Å². The predicted molar refractivity (Wildman–Crippen MR) is 80.3 cm³/mol. The summed E-state index contributed by atoms with van der Waals surface area (Å²) in [7, 11) is 0. The monoisotopic (exact) mass is 342 g/mol. The van der Waals surface area contributed by atoms with E-state index in [2.05, 4.69) is 21.2 Å². The van der Waals surface area contributed by atoms with Gasteiger partial charge in [0.15, 0.2) is 0 Å². The van der Waals surface area contributed by atoms with E-state index in [1.54, 1.807) is 13.8 Å². The molecule has 0 atom stereocenters. The zero-order valence-electron chi connectivity index (χ0n) is 11.6. The summed E-state index contributed by atoms with van der Waals surface area (Å²) in [5.41, 5.74) is 4.16. The number of hydrogen-bond acceptors (Lipinski definition) is 3. The Labute approximate surface area is 127 Å². The summed E-state index contributed by atoms with van der Waals surface area (Å²) in [5, 5.41) is 2.59. The fraction of sp³-hybridized carbons (Fsp3) is 0.429. The standard InChI is InChI=1S/C14H19BrN2O3/c1-14(2,13(16)19)17-12(18)8-5-9-20-11-7-4-3-6-10(11)15/h3-4,6-7H,5,8-9H2,1-2H3,(H2,16,19)(H,17,18). The second-order valence-corrected chi connectivity index (χ2v) is 5.77. The van der Waals surface area contributed by atoms with Crippen molar-refractivity contribution < 1.29 is 14.3 Å². The van der Waals surface area contributed by atoms with E-state index in [0.29, 0.717) is 13.0 Å². The van der Waals surface area contributed by atoms with Crippen LogP contribution in [0.2, 0.25) is 0 Å². The molecule has 0 saturated heterocycles. The van der Waals surface area contributed by atoms with E-state index in [1.807, 2.05) is 24.3 Å². The maximum absolute atomic E-state index is 11.7. The zero-order valence-corrected chi connectivity index (χ0v) is 13.2. The fourth-order valence-corrected chi connectivity index (χ4v) is 1.85. The van der Waals surface area contributed by atoms with Crippen molar-refractivity contribution in [1.82, 2.24) is 5.32 Å². The summed E-state index contributed by atoms with van der Waals surface area (Å²) in [5.74, 6) is -0.0368. The number of hydrogen-bond donors (Lipinski definition) is 2. The van der Waals surface area contributed by atoms with Crippen molar-refractivity contribution in [1.29, 1.82) is 0 Å². The van der Waals surface area contributed by atoms with Crippen LogP contribution in [0.1, 0.15) is 26.7 Å². The highest BCUT2D eigenvalue weighted by Gasteiger charge is 2.26. The van der Waals surface area contributed by atoms with Crippen LogP contribution < -0.4 is 15.8 Å². The van der Waals surface area contributed by atoms with Crippen molar-refractivity contribution in [2.75, 3.05) is 6.61 Å². The van der Waals surface area contributed by atoms with Crippen LogP contribution in [0.5, 0.6) is 5.75 Å². The Kier molecular flexibility index (Phi) is 6.01. The van der Waals surface area contributed by atoms with Gasteiger partial charge in [-0.25, -0.2) is 0 Å². The molecule has 6 heteroatoms. The minimum absolute atomic E-state index is 0.218. The molecule has 3 N–H and O–H groups in total. The number of amides is 2. The van der Waals surface area contributed by atoms with E-state index < -0.39 is 11.4 Å². The molecule has 0 aliphatic rings. The maximum atomic E-state index is 11.7. The van der Waals surface area contributed by atoms with Crippen LogP contribution >= 0.6 is 15.9 Å². The van der Waals surface area contributed by atoms with E-state index in [9.17, 15) is 9.59 Å². The first-order chi connectivity index (χ1) is 9.33. The number of ether oxygens (including phenoxy) is 1. The molecule has 0 aliphatic heterocycles. The van der Waals surface area contributed by atoms with Crippen molar-refractivity contribution in [2.24, 2.45) is 5.73 Å². The molecule has 0 aliphatic carbocycles. The van der Waals surface area contributed by atoms with E-state index in [-0.39, 0.29) is 12.3 Å². The summed E-state index contributed by atoms with van der Waals surface area (Å²) in [6, 6.07) is 7.51. The molecule has 5 nitrogen and oxygen atoms in total. The van der Waals surface area contributed by atoms with E-state index in [1.165, 1.54) is 0 Å². The summed E-state index contributed by atoms with van der Waals surface area (Å²) in [6.45, 7) is 3.57. The highest BCUT2D eigenvalue weighted by Crippen LogP contribution is 2.23. The molecule has 1 aromatic carbocycles. The molecule has 1 aromatic rings. The van der Waals surface area contributed by atoms with Gasteiger partial charge in [0.05, 0.1) is 11.1 Å². The normalized spacial score (nSPS) is 10.9. The highest BCUT2D eigenvalue weighted by molar-refractivity contribution is 9.10. The van der Waals surface area contributed by atoms with Gasteiger partial charge in [-0.05, 0) is 48.3 Å². The van der Waals surface area contributed by atoms with Gasteiger partial charge in [-0.15, -0.1) is 0 Å². The van der Waals surface area contributed by atoms with Crippen molar-refractivity contribution in [3.05, 3.63) is 28.7 Å². The number of primary amides is 1. The molecule has 0 spiro atoms. The third kappa shape index (κ3) is 5.21.